The average Bonchev–Trinajstić information content (AvgIpc) is 2.84. The van der Waals surface area contributed by atoms with Gasteiger partial charge in [-0.3, -0.25) is 4.79 Å². The number of phenolic OH excluding ortho intramolecular Hbond substituents is 1. The number of rotatable bonds is 4. The number of nitrogens with zero attached hydrogens (tertiary/aromatic N) is 1. The molecule has 1 atom stereocenters. The first-order valence-electron chi connectivity index (χ1n) is 6.51. The Labute approximate surface area is 118 Å². The summed E-state index contributed by atoms with van der Waals surface area (Å²) >= 11 is 0. The monoisotopic (exact) mass is 280 g/mol. The van der Waals surface area contributed by atoms with Gasteiger partial charge in [0.15, 0.2) is 0 Å². The molecule has 3 N–H and O–H groups in total. The number of hydrogen-bond donors (Lipinski definition) is 3. The highest BCUT2D eigenvalue weighted by Gasteiger charge is 2.33. The van der Waals surface area contributed by atoms with Crippen LogP contribution in [0, 0.1) is 0 Å². The Hall–Kier alpha value is -1.79. The molecule has 6 nitrogen and oxygen atoms in total. The Morgan fingerprint density at radius 1 is 1.55 bits per heavy atom. The van der Waals surface area contributed by atoms with Gasteiger partial charge in [0.05, 0.1) is 24.8 Å². The Morgan fingerprint density at radius 3 is 2.85 bits per heavy atom. The number of hydrogen-bond acceptors (Lipinski definition) is 5. The zero-order valence-corrected chi connectivity index (χ0v) is 11.7. The summed E-state index contributed by atoms with van der Waals surface area (Å²) in [6.07, 6.45) is 0.610. The van der Waals surface area contributed by atoms with E-state index in [1.54, 1.807) is 13.1 Å². The van der Waals surface area contributed by atoms with Crippen molar-refractivity contribution in [2.75, 3.05) is 33.8 Å². The molecule has 1 fully saturated rings. The van der Waals surface area contributed by atoms with Crippen molar-refractivity contribution in [3.05, 3.63) is 23.8 Å². The van der Waals surface area contributed by atoms with Crippen molar-refractivity contribution >= 4 is 5.91 Å². The van der Waals surface area contributed by atoms with Crippen LogP contribution in [0.15, 0.2) is 18.2 Å². The molecule has 1 aromatic carbocycles. The molecule has 6 heteroatoms. The number of carbonyl (C=O) groups excluding carboxylic acids is 1. The predicted octanol–water partition coefficient (Wildman–Crippen LogP) is 0.197. The molecule has 1 aliphatic rings. The SMILES string of the molecule is COc1ccc(C(=O)N(C)CC2(O)CCNC2)c(O)c1. The highest BCUT2D eigenvalue weighted by atomic mass is 16.5. The van der Waals surface area contributed by atoms with Gasteiger partial charge in [-0.15, -0.1) is 0 Å². The molecule has 1 saturated heterocycles. The minimum atomic E-state index is -0.896. The normalized spacial score (nSPS) is 21.8. The minimum absolute atomic E-state index is 0.127. The zero-order chi connectivity index (χ0) is 14.8. The van der Waals surface area contributed by atoms with Crippen LogP contribution in [-0.2, 0) is 0 Å². The molecule has 1 aromatic rings. The Balaban J connectivity index is 2.10. The van der Waals surface area contributed by atoms with E-state index in [-0.39, 0.29) is 23.8 Å². The third-order valence-electron chi connectivity index (χ3n) is 3.53. The molecule has 2 rings (SSSR count). The summed E-state index contributed by atoms with van der Waals surface area (Å²) in [6, 6.07) is 4.53. The lowest BCUT2D eigenvalue weighted by Crippen LogP contribution is -2.45. The molecule has 110 valence electrons. The van der Waals surface area contributed by atoms with Crippen molar-refractivity contribution in [3.8, 4) is 11.5 Å². The molecule has 1 heterocycles. The molecule has 0 aromatic heterocycles. The Bertz CT molecular complexity index is 498. The Kier molecular flexibility index (Phi) is 4.15. The molecule has 0 aliphatic carbocycles. The highest BCUT2D eigenvalue weighted by Crippen LogP contribution is 2.25. The van der Waals surface area contributed by atoms with E-state index in [0.29, 0.717) is 18.7 Å². The van der Waals surface area contributed by atoms with E-state index in [4.69, 9.17) is 4.74 Å². The molecule has 0 radical (unpaired) electrons. The fourth-order valence-corrected chi connectivity index (χ4v) is 2.40. The van der Waals surface area contributed by atoms with E-state index in [1.165, 1.54) is 24.1 Å². The largest absolute Gasteiger partial charge is 0.507 e. The van der Waals surface area contributed by atoms with Gasteiger partial charge >= 0.3 is 0 Å². The molecule has 1 unspecified atom stereocenters. The van der Waals surface area contributed by atoms with Gasteiger partial charge in [0.2, 0.25) is 0 Å². The molecule has 0 spiro atoms. The quantitative estimate of drug-likeness (QED) is 0.734. The van der Waals surface area contributed by atoms with Crippen LogP contribution < -0.4 is 10.1 Å². The van der Waals surface area contributed by atoms with Crippen LogP contribution in [0.1, 0.15) is 16.8 Å². The number of benzene rings is 1. The van der Waals surface area contributed by atoms with Gasteiger partial charge < -0.3 is 25.2 Å². The van der Waals surface area contributed by atoms with Crippen molar-refractivity contribution in [1.29, 1.82) is 0 Å². The van der Waals surface area contributed by atoms with E-state index in [9.17, 15) is 15.0 Å². The second-order valence-corrected chi connectivity index (χ2v) is 5.20. The van der Waals surface area contributed by atoms with Crippen molar-refractivity contribution in [2.45, 2.75) is 12.0 Å². The molecule has 0 saturated carbocycles. The van der Waals surface area contributed by atoms with Crippen LogP contribution in [-0.4, -0.2) is 60.4 Å². The third-order valence-corrected chi connectivity index (χ3v) is 3.53. The van der Waals surface area contributed by atoms with E-state index < -0.39 is 5.60 Å². The molecule has 20 heavy (non-hydrogen) atoms. The average molecular weight is 280 g/mol. The number of methoxy groups -OCH3 is 1. The summed E-state index contributed by atoms with van der Waals surface area (Å²) in [6.45, 7) is 1.44. The number of β-amino-alcohol motifs (C(OH)–C–C–N with tert-alkyl or cyclic N) is 1. The lowest BCUT2D eigenvalue weighted by molar-refractivity contribution is 0.0251. The van der Waals surface area contributed by atoms with Crippen LogP contribution in [0.5, 0.6) is 11.5 Å². The molecule has 1 aliphatic heterocycles. The Morgan fingerprint density at radius 2 is 2.30 bits per heavy atom. The minimum Gasteiger partial charge on any atom is -0.507 e. The standard InChI is InChI=1S/C14H20N2O4/c1-16(9-14(19)5-6-15-8-14)13(18)11-4-3-10(20-2)7-12(11)17/h3-4,7,15,17,19H,5-6,8-9H2,1-2H3. The molecular weight excluding hydrogens is 260 g/mol. The number of aliphatic hydroxyl groups is 1. The van der Waals surface area contributed by atoms with Gasteiger partial charge in [-0.05, 0) is 25.1 Å². The number of ether oxygens (including phenoxy) is 1. The molecular formula is C14H20N2O4. The van der Waals surface area contributed by atoms with Gasteiger partial charge in [0.1, 0.15) is 11.5 Å². The van der Waals surface area contributed by atoms with Crippen molar-refractivity contribution in [1.82, 2.24) is 10.2 Å². The third kappa shape index (κ3) is 3.02. The maximum atomic E-state index is 12.3. The lowest BCUT2D eigenvalue weighted by atomic mass is 10.0. The van der Waals surface area contributed by atoms with Crippen molar-refractivity contribution in [2.24, 2.45) is 0 Å². The maximum absolute atomic E-state index is 12.3. The summed E-state index contributed by atoms with van der Waals surface area (Å²) in [5, 5.41) is 23.2. The topological polar surface area (TPSA) is 82.0 Å². The first-order chi connectivity index (χ1) is 9.45. The van der Waals surface area contributed by atoms with Crippen LogP contribution in [0.4, 0.5) is 0 Å². The fourth-order valence-electron chi connectivity index (χ4n) is 2.40. The van der Waals surface area contributed by atoms with Gasteiger partial charge in [-0.25, -0.2) is 0 Å². The smallest absolute Gasteiger partial charge is 0.257 e. The van der Waals surface area contributed by atoms with E-state index in [0.717, 1.165) is 6.54 Å². The maximum Gasteiger partial charge on any atom is 0.257 e. The first kappa shape index (κ1) is 14.6. The van der Waals surface area contributed by atoms with Gasteiger partial charge in [-0.1, -0.05) is 0 Å². The van der Waals surface area contributed by atoms with Crippen LogP contribution in [0.2, 0.25) is 0 Å². The van der Waals surface area contributed by atoms with E-state index >= 15 is 0 Å². The predicted molar refractivity (Wildman–Crippen MR) is 74.1 cm³/mol. The number of amides is 1. The number of aromatic hydroxyl groups is 1. The zero-order valence-electron chi connectivity index (χ0n) is 11.7. The van der Waals surface area contributed by atoms with Gasteiger partial charge in [0.25, 0.3) is 5.91 Å². The molecule has 0 bridgehead atoms. The van der Waals surface area contributed by atoms with Gasteiger partial charge in [-0.2, -0.15) is 0 Å². The summed E-state index contributed by atoms with van der Waals surface area (Å²) in [5.41, 5.74) is -0.699. The number of carbonyl (C=O) groups is 1. The fraction of sp³-hybridized carbons (Fsp3) is 0.500. The number of phenols is 1. The highest BCUT2D eigenvalue weighted by molar-refractivity contribution is 5.96. The lowest BCUT2D eigenvalue weighted by Gasteiger charge is -2.28. The van der Waals surface area contributed by atoms with Crippen LogP contribution in [0.3, 0.4) is 0 Å². The van der Waals surface area contributed by atoms with E-state index in [1.807, 2.05) is 0 Å². The second kappa shape index (κ2) is 5.68. The summed E-state index contributed by atoms with van der Waals surface area (Å²) in [7, 11) is 3.10. The van der Waals surface area contributed by atoms with Crippen molar-refractivity contribution < 1.29 is 19.7 Å². The van der Waals surface area contributed by atoms with Gasteiger partial charge in [0, 0.05) is 19.7 Å². The summed E-state index contributed by atoms with van der Waals surface area (Å²) < 4.78 is 4.98. The number of likely N-dealkylation sites (N-methyl/N-ethyl adjacent to an activating group) is 1. The number of nitrogens with one attached hydrogen (secondary N) is 1. The summed E-state index contributed by atoms with van der Waals surface area (Å²) in [5.74, 6) is 0.0311. The van der Waals surface area contributed by atoms with E-state index in [2.05, 4.69) is 5.32 Å². The molecule has 1 amide bonds. The van der Waals surface area contributed by atoms with Crippen molar-refractivity contribution in [3.63, 3.8) is 0 Å². The van der Waals surface area contributed by atoms with Crippen LogP contribution in [0.25, 0.3) is 0 Å². The second-order valence-electron chi connectivity index (χ2n) is 5.20. The van der Waals surface area contributed by atoms with Crippen LogP contribution >= 0.6 is 0 Å². The summed E-state index contributed by atoms with van der Waals surface area (Å²) in [4.78, 5) is 13.7. The first-order valence-corrected chi connectivity index (χ1v) is 6.51.